The van der Waals surface area contributed by atoms with Gasteiger partial charge in [-0.05, 0) is 31.9 Å². The second kappa shape index (κ2) is 7.28. The highest BCUT2D eigenvalue weighted by atomic mass is 16.5. The molecule has 0 amide bonds. The summed E-state index contributed by atoms with van der Waals surface area (Å²) in [5.41, 5.74) is 4.86. The van der Waals surface area contributed by atoms with Crippen LogP contribution in [0.5, 0.6) is 0 Å². The summed E-state index contributed by atoms with van der Waals surface area (Å²) in [4.78, 5) is 7.24. The zero-order valence-electron chi connectivity index (χ0n) is 14.3. The molecule has 4 nitrogen and oxygen atoms in total. The van der Waals surface area contributed by atoms with Crippen LogP contribution in [0, 0.1) is 19.8 Å². The van der Waals surface area contributed by atoms with E-state index in [0.717, 1.165) is 30.9 Å². The first-order valence-electron chi connectivity index (χ1n) is 8.38. The third-order valence-corrected chi connectivity index (χ3v) is 4.73. The smallest absolute Gasteiger partial charge is 0.0726 e. The van der Waals surface area contributed by atoms with Gasteiger partial charge < -0.3 is 14.4 Å². The van der Waals surface area contributed by atoms with Gasteiger partial charge in [0.15, 0.2) is 0 Å². The molecule has 0 radical (unpaired) electrons. The number of benzene rings is 1. The van der Waals surface area contributed by atoms with Crippen molar-refractivity contribution in [1.82, 2.24) is 4.98 Å². The van der Waals surface area contributed by atoms with Crippen molar-refractivity contribution >= 4 is 16.6 Å². The van der Waals surface area contributed by atoms with E-state index in [1.54, 1.807) is 7.11 Å². The van der Waals surface area contributed by atoms with Gasteiger partial charge in [0.05, 0.1) is 31.0 Å². The maximum atomic E-state index is 5.72. The Morgan fingerprint density at radius 3 is 2.87 bits per heavy atom. The predicted molar refractivity (Wildman–Crippen MR) is 94.2 cm³/mol. The Labute approximate surface area is 138 Å². The Morgan fingerprint density at radius 1 is 1.22 bits per heavy atom. The predicted octanol–water partition coefficient (Wildman–Crippen LogP) is 3.34. The van der Waals surface area contributed by atoms with E-state index in [9.17, 15) is 0 Å². The van der Waals surface area contributed by atoms with Gasteiger partial charge in [-0.25, -0.2) is 0 Å². The number of para-hydroxylation sites is 1. The topological polar surface area (TPSA) is 34.6 Å². The zero-order valence-corrected chi connectivity index (χ0v) is 14.3. The van der Waals surface area contributed by atoms with Gasteiger partial charge in [-0.1, -0.05) is 18.2 Å². The number of hydrogen-bond donors (Lipinski definition) is 0. The van der Waals surface area contributed by atoms with Gasteiger partial charge >= 0.3 is 0 Å². The molecule has 3 rings (SSSR count). The molecule has 1 aliphatic rings. The van der Waals surface area contributed by atoms with Crippen molar-refractivity contribution in [2.75, 3.05) is 44.9 Å². The van der Waals surface area contributed by atoms with Crippen LogP contribution >= 0.6 is 0 Å². The SMILES string of the molecule is COCCOC[C@@H]1CCN(c2c(C)c(C)nc3ccccc23)C1. The van der Waals surface area contributed by atoms with Gasteiger partial charge in [0.25, 0.3) is 0 Å². The standard InChI is InChI=1S/C19H26N2O2/c1-14-15(2)20-18-7-5-4-6-17(18)19(14)21-9-8-16(12-21)13-23-11-10-22-3/h4-7,16H,8-13H2,1-3H3/t16-/m1/s1. The number of pyridine rings is 1. The second-order valence-electron chi connectivity index (χ2n) is 6.36. The van der Waals surface area contributed by atoms with E-state index in [-0.39, 0.29) is 0 Å². The molecule has 1 aromatic heterocycles. The van der Waals surface area contributed by atoms with Crippen LogP contribution in [0.2, 0.25) is 0 Å². The Hall–Kier alpha value is -1.65. The molecular formula is C19H26N2O2. The number of aryl methyl sites for hydroxylation is 1. The first-order valence-corrected chi connectivity index (χ1v) is 8.38. The lowest BCUT2D eigenvalue weighted by atomic mass is 10.1. The van der Waals surface area contributed by atoms with Gasteiger partial charge in [0.1, 0.15) is 0 Å². The van der Waals surface area contributed by atoms with Crippen molar-refractivity contribution < 1.29 is 9.47 Å². The van der Waals surface area contributed by atoms with Crippen LogP contribution in [0.4, 0.5) is 5.69 Å². The van der Waals surface area contributed by atoms with E-state index in [0.29, 0.717) is 19.1 Å². The lowest BCUT2D eigenvalue weighted by Gasteiger charge is -2.24. The summed E-state index contributed by atoms with van der Waals surface area (Å²) in [5.74, 6) is 0.596. The molecule has 0 bridgehead atoms. The number of anilines is 1. The minimum absolute atomic E-state index is 0.596. The number of aromatic nitrogens is 1. The average Bonchev–Trinajstić information content (AvgIpc) is 3.01. The van der Waals surface area contributed by atoms with Gasteiger partial charge in [0.2, 0.25) is 0 Å². The minimum atomic E-state index is 0.596. The zero-order chi connectivity index (χ0) is 16.2. The van der Waals surface area contributed by atoms with Crippen molar-refractivity contribution in [2.45, 2.75) is 20.3 Å². The number of hydrogen-bond acceptors (Lipinski definition) is 4. The molecule has 4 heteroatoms. The summed E-state index contributed by atoms with van der Waals surface area (Å²) in [7, 11) is 1.71. The summed E-state index contributed by atoms with van der Waals surface area (Å²) in [6.07, 6.45) is 1.18. The van der Waals surface area contributed by atoms with E-state index < -0.39 is 0 Å². The van der Waals surface area contributed by atoms with E-state index in [2.05, 4.69) is 43.0 Å². The van der Waals surface area contributed by atoms with E-state index in [1.807, 2.05) is 0 Å². The molecule has 1 saturated heterocycles. The molecule has 0 aliphatic carbocycles. The summed E-state index contributed by atoms with van der Waals surface area (Å²) < 4.78 is 10.8. The Balaban J connectivity index is 1.77. The highest BCUT2D eigenvalue weighted by Crippen LogP contribution is 2.34. The first-order chi connectivity index (χ1) is 11.2. The van der Waals surface area contributed by atoms with Crippen molar-refractivity contribution in [1.29, 1.82) is 0 Å². The summed E-state index contributed by atoms with van der Waals surface area (Å²) in [6, 6.07) is 8.45. The van der Waals surface area contributed by atoms with Crippen molar-refractivity contribution in [3.63, 3.8) is 0 Å². The maximum Gasteiger partial charge on any atom is 0.0726 e. The third-order valence-electron chi connectivity index (χ3n) is 4.73. The molecule has 1 aliphatic heterocycles. The summed E-state index contributed by atoms with van der Waals surface area (Å²) >= 11 is 0. The fourth-order valence-electron chi connectivity index (χ4n) is 3.38. The molecule has 0 unspecified atom stereocenters. The van der Waals surface area contributed by atoms with Crippen LogP contribution in [0.1, 0.15) is 17.7 Å². The molecule has 2 heterocycles. The van der Waals surface area contributed by atoms with E-state index in [4.69, 9.17) is 14.5 Å². The maximum absolute atomic E-state index is 5.72. The normalized spacial score (nSPS) is 18.0. The van der Waals surface area contributed by atoms with Crippen molar-refractivity contribution in [3.05, 3.63) is 35.5 Å². The van der Waals surface area contributed by atoms with Gasteiger partial charge in [-0.3, -0.25) is 4.98 Å². The van der Waals surface area contributed by atoms with Crippen LogP contribution in [0.25, 0.3) is 10.9 Å². The molecule has 0 spiro atoms. The van der Waals surface area contributed by atoms with Crippen LogP contribution in [0.3, 0.4) is 0 Å². The first kappa shape index (κ1) is 16.2. The number of fused-ring (bicyclic) bond motifs is 1. The fourth-order valence-corrected chi connectivity index (χ4v) is 3.38. The Morgan fingerprint density at radius 2 is 2.04 bits per heavy atom. The molecule has 124 valence electrons. The lowest BCUT2D eigenvalue weighted by molar-refractivity contribution is 0.0549. The van der Waals surface area contributed by atoms with Crippen LogP contribution in [-0.2, 0) is 9.47 Å². The Kier molecular flexibility index (Phi) is 5.13. The molecule has 2 aromatic rings. The average molecular weight is 314 g/mol. The van der Waals surface area contributed by atoms with E-state index >= 15 is 0 Å². The molecule has 1 aromatic carbocycles. The molecule has 1 fully saturated rings. The largest absolute Gasteiger partial charge is 0.382 e. The highest BCUT2D eigenvalue weighted by molar-refractivity contribution is 5.94. The number of nitrogens with zero attached hydrogens (tertiary/aromatic N) is 2. The van der Waals surface area contributed by atoms with Gasteiger partial charge in [-0.15, -0.1) is 0 Å². The quantitative estimate of drug-likeness (QED) is 0.766. The van der Waals surface area contributed by atoms with Crippen LogP contribution in [-0.4, -0.2) is 45.0 Å². The Bertz CT molecular complexity index is 672. The van der Waals surface area contributed by atoms with Crippen molar-refractivity contribution in [2.24, 2.45) is 5.92 Å². The highest BCUT2D eigenvalue weighted by Gasteiger charge is 2.25. The van der Waals surface area contributed by atoms with Gasteiger partial charge in [0, 0.05) is 37.2 Å². The molecule has 1 atom stereocenters. The number of methoxy groups -OCH3 is 1. The summed E-state index contributed by atoms with van der Waals surface area (Å²) in [5, 5.41) is 1.26. The van der Waals surface area contributed by atoms with Crippen molar-refractivity contribution in [3.8, 4) is 0 Å². The monoisotopic (exact) mass is 314 g/mol. The van der Waals surface area contributed by atoms with Crippen LogP contribution in [0.15, 0.2) is 24.3 Å². The fraction of sp³-hybridized carbons (Fsp3) is 0.526. The molecule has 23 heavy (non-hydrogen) atoms. The lowest BCUT2D eigenvalue weighted by Crippen LogP contribution is -2.23. The third kappa shape index (κ3) is 3.48. The number of ether oxygens (including phenoxy) is 2. The summed E-state index contributed by atoms with van der Waals surface area (Å²) in [6.45, 7) is 8.61. The molecule has 0 saturated carbocycles. The minimum Gasteiger partial charge on any atom is -0.382 e. The molecule has 0 N–H and O–H groups in total. The van der Waals surface area contributed by atoms with Gasteiger partial charge in [-0.2, -0.15) is 0 Å². The molecular weight excluding hydrogens is 288 g/mol. The second-order valence-corrected chi connectivity index (χ2v) is 6.36. The number of rotatable bonds is 6. The van der Waals surface area contributed by atoms with Crippen LogP contribution < -0.4 is 4.90 Å². The van der Waals surface area contributed by atoms with E-state index in [1.165, 1.54) is 23.1 Å².